The summed E-state index contributed by atoms with van der Waals surface area (Å²) < 4.78 is 0. The number of amides is 1. The molecule has 2 fully saturated rings. The van der Waals surface area contributed by atoms with E-state index in [1.807, 2.05) is 24.2 Å². The third kappa shape index (κ3) is 4.23. The first-order valence-corrected chi connectivity index (χ1v) is 9.47. The molecule has 0 radical (unpaired) electrons. The number of hydrogen-bond donors (Lipinski definition) is 1. The van der Waals surface area contributed by atoms with Crippen LogP contribution in [0.3, 0.4) is 0 Å². The van der Waals surface area contributed by atoms with Crippen molar-refractivity contribution in [1.29, 1.82) is 0 Å². The number of thioether (sulfide) groups is 1. The molecule has 0 spiro atoms. The standard InChI is InChI=1S/C17H25N3OS/c21-17(20-9-11-22-12-10-20)15-1-3-16(4-2-15)19-13-14-5-7-18-8-6-14/h5-8,15-16,19H,1-4,9-13H2. The Kier molecular flexibility index (Phi) is 5.73. The minimum atomic E-state index is 0.266. The lowest BCUT2D eigenvalue weighted by molar-refractivity contribution is -0.136. The van der Waals surface area contributed by atoms with E-state index in [2.05, 4.69) is 27.3 Å². The molecule has 1 aliphatic heterocycles. The third-order valence-electron chi connectivity index (χ3n) is 4.74. The Morgan fingerprint density at radius 3 is 2.55 bits per heavy atom. The second kappa shape index (κ2) is 7.97. The maximum atomic E-state index is 12.5. The van der Waals surface area contributed by atoms with Crippen LogP contribution in [0.15, 0.2) is 24.5 Å². The molecule has 22 heavy (non-hydrogen) atoms. The number of carbonyl (C=O) groups is 1. The van der Waals surface area contributed by atoms with E-state index in [9.17, 15) is 4.79 Å². The van der Waals surface area contributed by atoms with Crippen molar-refractivity contribution in [3.63, 3.8) is 0 Å². The van der Waals surface area contributed by atoms with E-state index in [4.69, 9.17) is 0 Å². The van der Waals surface area contributed by atoms with Crippen molar-refractivity contribution in [3.05, 3.63) is 30.1 Å². The predicted octanol–water partition coefficient (Wildman–Crippen LogP) is 2.31. The molecule has 0 atom stereocenters. The summed E-state index contributed by atoms with van der Waals surface area (Å²) in [4.78, 5) is 18.7. The maximum absolute atomic E-state index is 12.5. The van der Waals surface area contributed by atoms with Crippen molar-refractivity contribution in [1.82, 2.24) is 15.2 Å². The summed E-state index contributed by atoms with van der Waals surface area (Å²) in [5.41, 5.74) is 1.28. The lowest BCUT2D eigenvalue weighted by Crippen LogP contribution is -2.44. The molecule has 1 saturated heterocycles. The molecule has 1 saturated carbocycles. The van der Waals surface area contributed by atoms with Gasteiger partial charge in [0, 0.05) is 55.5 Å². The van der Waals surface area contributed by atoms with Crippen molar-refractivity contribution >= 4 is 17.7 Å². The van der Waals surface area contributed by atoms with Gasteiger partial charge < -0.3 is 10.2 Å². The van der Waals surface area contributed by atoms with Crippen molar-refractivity contribution in [2.75, 3.05) is 24.6 Å². The fraction of sp³-hybridized carbons (Fsp3) is 0.647. The Labute approximate surface area is 137 Å². The van der Waals surface area contributed by atoms with Gasteiger partial charge in [-0.15, -0.1) is 0 Å². The topological polar surface area (TPSA) is 45.2 Å². The zero-order valence-corrected chi connectivity index (χ0v) is 13.9. The smallest absolute Gasteiger partial charge is 0.225 e. The van der Waals surface area contributed by atoms with E-state index in [1.54, 1.807) is 0 Å². The molecule has 1 amide bonds. The zero-order chi connectivity index (χ0) is 15.2. The summed E-state index contributed by atoms with van der Waals surface area (Å²) in [6.07, 6.45) is 7.98. The van der Waals surface area contributed by atoms with Crippen molar-refractivity contribution < 1.29 is 4.79 Å². The minimum absolute atomic E-state index is 0.266. The average Bonchev–Trinajstić information content (AvgIpc) is 2.61. The average molecular weight is 319 g/mol. The molecular formula is C17H25N3OS. The molecule has 0 bridgehead atoms. The van der Waals surface area contributed by atoms with E-state index >= 15 is 0 Å². The van der Waals surface area contributed by atoms with Crippen LogP contribution in [-0.2, 0) is 11.3 Å². The zero-order valence-electron chi connectivity index (χ0n) is 13.0. The van der Waals surface area contributed by atoms with Gasteiger partial charge in [-0.2, -0.15) is 11.8 Å². The van der Waals surface area contributed by atoms with Gasteiger partial charge in [0.2, 0.25) is 5.91 Å². The van der Waals surface area contributed by atoms with Crippen LogP contribution in [0.25, 0.3) is 0 Å². The molecule has 1 aliphatic carbocycles. The Hall–Kier alpha value is -1.07. The summed E-state index contributed by atoms with van der Waals surface area (Å²) >= 11 is 1.96. The molecule has 1 aromatic rings. The minimum Gasteiger partial charge on any atom is -0.341 e. The summed E-state index contributed by atoms with van der Waals surface area (Å²) in [5, 5.41) is 3.62. The highest BCUT2D eigenvalue weighted by atomic mass is 32.2. The van der Waals surface area contributed by atoms with Crippen LogP contribution in [0, 0.1) is 5.92 Å². The SMILES string of the molecule is O=C(C1CCC(NCc2ccncc2)CC1)N1CCSCC1. The van der Waals surface area contributed by atoms with Crippen LogP contribution in [0.5, 0.6) is 0 Å². The van der Waals surface area contributed by atoms with Crippen LogP contribution in [-0.4, -0.2) is 46.4 Å². The van der Waals surface area contributed by atoms with Gasteiger partial charge in [0.1, 0.15) is 0 Å². The summed E-state index contributed by atoms with van der Waals surface area (Å²) in [5.74, 6) is 2.89. The van der Waals surface area contributed by atoms with Gasteiger partial charge in [-0.25, -0.2) is 0 Å². The molecular weight excluding hydrogens is 294 g/mol. The second-order valence-electron chi connectivity index (χ2n) is 6.22. The maximum Gasteiger partial charge on any atom is 0.225 e. The number of hydrogen-bond acceptors (Lipinski definition) is 4. The second-order valence-corrected chi connectivity index (χ2v) is 7.45. The Balaban J connectivity index is 1.41. The van der Waals surface area contributed by atoms with Gasteiger partial charge in [0.15, 0.2) is 0 Å². The molecule has 0 unspecified atom stereocenters. The normalized spacial score (nSPS) is 25.9. The Bertz CT molecular complexity index is 468. The highest BCUT2D eigenvalue weighted by Crippen LogP contribution is 2.27. The molecule has 2 heterocycles. The van der Waals surface area contributed by atoms with Gasteiger partial charge >= 0.3 is 0 Å². The van der Waals surface area contributed by atoms with Crippen LogP contribution < -0.4 is 5.32 Å². The molecule has 4 nitrogen and oxygen atoms in total. The summed E-state index contributed by atoms with van der Waals surface area (Å²) in [6, 6.07) is 4.65. The van der Waals surface area contributed by atoms with Crippen LogP contribution >= 0.6 is 11.8 Å². The molecule has 1 aromatic heterocycles. The van der Waals surface area contributed by atoms with Crippen LogP contribution in [0.4, 0.5) is 0 Å². The first-order valence-electron chi connectivity index (χ1n) is 8.32. The van der Waals surface area contributed by atoms with Crippen LogP contribution in [0.1, 0.15) is 31.2 Å². The third-order valence-corrected chi connectivity index (χ3v) is 5.69. The Morgan fingerprint density at radius 2 is 1.86 bits per heavy atom. The van der Waals surface area contributed by atoms with E-state index in [0.29, 0.717) is 11.9 Å². The number of carbonyl (C=O) groups excluding carboxylic acids is 1. The Morgan fingerprint density at radius 1 is 1.18 bits per heavy atom. The van der Waals surface area contributed by atoms with Gasteiger partial charge in [-0.1, -0.05) is 0 Å². The van der Waals surface area contributed by atoms with Gasteiger partial charge in [-0.3, -0.25) is 9.78 Å². The summed E-state index contributed by atoms with van der Waals surface area (Å²) in [7, 11) is 0. The number of nitrogens with zero attached hydrogens (tertiary/aromatic N) is 2. The highest BCUT2D eigenvalue weighted by Gasteiger charge is 2.29. The first-order chi connectivity index (χ1) is 10.8. The molecule has 0 aromatic carbocycles. The lowest BCUT2D eigenvalue weighted by atomic mass is 9.85. The molecule has 1 N–H and O–H groups in total. The first kappa shape index (κ1) is 15.8. The lowest BCUT2D eigenvalue weighted by Gasteiger charge is -2.34. The number of nitrogens with one attached hydrogen (secondary N) is 1. The summed E-state index contributed by atoms with van der Waals surface area (Å²) in [6.45, 7) is 2.79. The predicted molar refractivity (Wildman–Crippen MR) is 90.7 cm³/mol. The molecule has 3 rings (SSSR count). The highest BCUT2D eigenvalue weighted by molar-refractivity contribution is 7.99. The fourth-order valence-electron chi connectivity index (χ4n) is 3.35. The van der Waals surface area contributed by atoms with Crippen molar-refractivity contribution in [2.45, 2.75) is 38.3 Å². The monoisotopic (exact) mass is 319 g/mol. The molecule has 2 aliphatic rings. The van der Waals surface area contributed by atoms with Crippen molar-refractivity contribution in [2.24, 2.45) is 5.92 Å². The molecule has 120 valence electrons. The fourth-order valence-corrected chi connectivity index (χ4v) is 4.25. The quantitative estimate of drug-likeness (QED) is 0.925. The van der Waals surface area contributed by atoms with Gasteiger partial charge in [0.05, 0.1) is 0 Å². The number of pyridine rings is 1. The van der Waals surface area contributed by atoms with E-state index < -0.39 is 0 Å². The van der Waals surface area contributed by atoms with E-state index in [1.165, 1.54) is 5.56 Å². The van der Waals surface area contributed by atoms with Crippen LogP contribution in [0.2, 0.25) is 0 Å². The van der Waals surface area contributed by atoms with Gasteiger partial charge in [0.25, 0.3) is 0 Å². The van der Waals surface area contributed by atoms with Gasteiger partial charge in [-0.05, 0) is 43.4 Å². The number of aromatic nitrogens is 1. The van der Waals surface area contributed by atoms with E-state index in [-0.39, 0.29) is 5.92 Å². The molecule has 5 heteroatoms. The number of rotatable bonds is 4. The van der Waals surface area contributed by atoms with E-state index in [0.717, 1.165) is 56.8 Å². The van der Waals surface area contributed by atoms with Crippen molar-refractivity contribution in [3.8, 4) is 0 Å². The largest absolute Gasteiger partial charge is 0.341 e.